The molecule has 0 saturated carbocycles. The zero-order valence-electron chi connectivity index (χ0n) is 11.9. The highest BCUT2D eigenvalue weighted by Gasteiger charge is 2.13. The topological polar surface area (TPSA) is 30.5 Å². The Hall–Kier alpha value is -1.06. The van der Waals surface area contributed by atoms with Crippen LogP contribution in [0.2, 0.25) is 0 Å². The van der Waals surface area contributed by atoms with Gasteiger partial charge in [-0.05, 0) is 25.5 Å². The molecule has 0 amide bonds. The van der Waals surface area contributed by atoms with Crippen LogP contribution in [0.25, 0.3) is 0 Å². The molecule has 3 heteroatoms. The van der Waals surface area contributed by atoms with E-state index in [4.69, 9.17) is 9.47 Å². The minimum absolute atomic E-state index is 0.174. The molecular formula is C15H25NO2. The molecule has 18 heavy (non-hydrogen) atoms. The van der Waals surface area contributed by atoms with Gasteiger partial charge in [-0.15, -0.1) is 0 Å². The highest BCUT2D eigenvalue weighted by molar-refractivity contribution is 5.35. The molecule has 1 atom stereocenters. The summed E-state index contributed by atoms with van der Waals surface area (Å²) in [6.07, 6.45) is 1.10. The fraction of sp³-hybridized carbons (Fsp3) is 0.600. The standard InChI is InChI=1S/C15H25NO2/c1-12(2)9-10-18-11-14(16-3)13-7-5-6-8-15(13)17-4/h5-8,12,14,16H,9-11H2,1-4H3. The number of rotatable bonds is 8. The van der Waals surface area contributed by atoms with Crippen LogP contribution in [0.1, 0.15) is 31.9 Å². The first-order valence-electron chi connectivity index (χ1n) is 6.57. The fourth-order valence-electron chi connectivity index (χ4n) is 1.80. The van der Waals surface area contributed by atoms with Crippen molar-refractivity contribution in [3.8, 4) is 5.75 Å². The van der Waals surface area contributed by atoms with Gasteiger partial charge in [-0.25, -0.2) is 0 Å². The first-order chi connectivity index (χ1) is 8.69. The van der Waals surface area contributed by atoms with Gasteiger partial charge >= 0.3 is 0 Å². The maximum Gasteiger partial charge on any atom is 0.123 e. The highest BCUT2D eigenvalue weighted by Crippen LogP contribution is 2.24. The Kier molecular flexibility index (Phi) is 6.76. The summed E-state index contributed by atoms with van der Waals surface area (Å²) in [5.74, 6) is 1.59. The lowest BCUT2D eigenvalue weighted by Gasteiger charge is -2.19. The van der Waals surface area contributed by atoms with Crippen molar-refractivity contribution in [2.75, 3.05) is 27.4 Å². The van der Waals surface area contributed by atoms with Crippen LogP contribution >= 0.6 is 0 Å². The van der Waals surface area contributed by atoms with E-state index < -0.39 is 0 Å². The van der Waals surface area contributed by atoms with E-state index >= 15 is 0 Å². The number of methoxy groups -OCH3 is 1. The van der Waals surface area contributed by atoms with E-state index in [-0.39, 0.29) is 6.04 Å². The zero-order valence-corrected chi connectivity index (χ0v) is 11.9. The average Bonchev–Trinajstić information content (AvgIpc) is 2.38. The number of likely N-dealkylation sites (N-methyl/N-ethyl adjacent to an activating group) is 1. The van der Waals surface area contributed by atoms with Gasteiger partial charge in [-0.1, -0.05) is 32.0 Å². The summed E-state index contributed by atoms with van der Waals surface area (Å²) in [5.41, 5.74) is 1.15. The van der Waals surface area contributed by atoms with E-state index in [1.807, 2.05) is 25.2 Å². The summed E-state index contributed by atoms with van der Waals surface area (Å²) < 4.78 is 11.1. The molecule has 0 bridgehead atoms. The second kappa shape index (κ2) is 8.11. The maximum absolute atomic E-state index is 5.73. The number of hydrogen-bond acceptors (Lipinski definition) is 3. The van der Waals surface area contributed by atoms with Crippen molar-refractivity contribution in [1.29, 1.82) is 0 Å². The Morgan fingerprint density at radius 2 is 1.94 bits per heavy atom. The zero-order chi connectivity index (χ0) is 13.4. The summed E-state index contributed by atoms with van der Waals surface area (Å²) in [5, 5.41) is 3.28. The molecule has 0 saturated heterocycles. The number of nitrogens with one attached hydrogen (secondary N) is 1. The van der Waals surface area contributed by atoms with Crippen LogP contribution in [0.5, 0.6) is 5.75 Å². The monoisotopic (exact) mass is 251 g/mol. The molecule has 0 heterocycles. The SMILES string of the molecule is CNC(COCCC(C)C)c1ccccc1OC. The van der Waals surface area contributed by atoms with Crippen molar-refractivity contribution in [1.82, 2.24) is 5.32 Å². The van der Waals surface area contributed by atoms with Crippen LogP contribution in [0.4, 0.5) is 0 Å². The third kappa shape index (κ3) is 4.67. The molecule has 0 radical (unpaired) electrons. The first-order valence-corrected chi connectivity index (χ1v) is 6.57. The number of benzene rings is 1. The average molecular weight is 251 g/mol. The lowest BCUT2D eigenvalue weighted by molar-refractivity contribution is 0.104. The summed E-state index contributed by atoms with van der Waals surface area (Å²) >= 11 is 0. The molecule has 102 valence electrons. The molecule has 0 aliphatic carbocycles. The highest BCUT2D eigenvalue weighted by atomic mass is 16.5. The fourth-order valence-corrected chi connectivity index (χ4v) is 1.80. The van der Waals surface area contributed by atoms with E-state index in [0.29, 0.717) is 12.5 Å². The van der Waals surface area contributed by atoms with E-state index in [1.165, 1.54) is 0 Å². The molecule has 0 fully saturated rings. The molecule has 0 spiro atoms. The van der Waals surface area contributed by atoms with Crippen molar-refractivity contribution >= 4 is 0 Å². The Labute approximate surface area is 110 Å². The summed E-state index contributed by atoms with van der Waals surface area (Å²) in [7, 11) is 3.65. The lowest BCUT2D eigenvalue weighted by Crippen LogP contribution is -2.22. The molecule has 1 unspecified atom stereocenters. The first kappa shape index (κ1) is 15.0. The van der Waals surface area contributed by atoms with Crippen LogP contribution in [-0.2, 0) is 4.74 Å². The van der Waals surface area contributed by atoms with Gasteiger partial charge in [0.1, 0.15) is 5.75 Å². The van der Waals surface area contributed by atoms with Gasteiger partial charge in [0, 0.05) is 12.2 Å². The summed E-state index contributed by atoms with van der Waals surface area (Å²) in [4.78, 5) is 0. The van der Waals surface area contributed by atoms with E-state index in [2.05, 4.69) is 25.2 Å². The predicted octanol–water partition coefficient (Wildman–Crippen LogP) is 3.02. The molecular weight excluding hydrogens is 226 g/mol. The van der Waals surface area contributed by atoms with Gasteiger partial charge in [0.2, 0.25) is 0 Å². The minimum Gasteiger partial charge on any atom is -0.496 e. The largest absolute Gasteiger partial charge is 0.496 e. The molecule has 0 aromatic heterocycles. The van der Waals surface area contributed by atoms with Crippen LogP contribution in [0.15, 0.2) is 24.3 Å². The Morgan fingerprint density at radius 1 is 1.22 bits per heavy atom. The molecule has 1 N–H and O–H groups in total. The Balaban J connectivity index is 2.54. The maximum atomic E-state index is 5.73. The Bertz CT molecular complexity index is 339. The van der Waals surface area contributed by atoms with Crippen molar-refractivity contribution < 1.29 is 9.47 Å². The van der Waals surface area contributed by atoms with Gasteiger partial charge in [-0.2, -0.15) is 0 Å². The van der Waals surface area contributed by atoms with Crippen molar-refractivity contribution in [2.24, 2.45) is 5.92 Å². The van der Waals surface area contributed by atoms with Crippen molar-refractivity contribution in [3.05, 3.63) is 29.8 Å². The second-order valence-corrected chi connectivity index (χ2v) is 4.84. The normalized spacial score (nSPS) is 12.7. The Morgan fingerprint density at radius 3 is 2.56 bits per heavy atom. The van der Waals surface area contributed by atoms with E-state index in [0.717, 1.165) is 24.3 Å². The molecule has 0 aliphatic rings. The van der Waals surface area contributed by atoms with Gasteiger partial charge in [0.25, 0.3) is 0 Å². The molecule has 1 aromatic rings. The van der Waals surface area contributed by atoms with Gasteiger partial charge in [0.15, 0.2) is 0 Å². The van der Waals surface area contributed by atoms with Crippen LogP contribution in [-0.4, -0.2) is 27.4 Å². The molecule has 3 nitrogen and oxygen atoms in total. The van der Waals surface area contributed by atoms with E-state index in [1.54, 1.807) is 7.11 Å². The third-order valence-electron chi connectivity index (χ3n) is 2.99. The van der Waals surface area contributed by atoms with E-state index in [9.17, 15) is 0 Å². The minimum atomic E-state index is 0.174. The lowest BCUT2D eigenvalue weighted by atomic mass is 10.1. The quantitative estimate of drug-likeness (QED) is 0.720. The van der Waals surface area contributed by atoms with Gasteiger partial charge in [0.05, 0.1) is 19.8 Å². The molecule has 0 aliphatic heterocycles. The van der Waals surface area contributed by atoms with Crippen molar-refractivity contribution in [3.63, 3.8) is 0 Å². The van der Waals surface area contributed by atoms with Gasteiger partial charge in [-0.3, -0.25) is 0 Å². The molecule has 1 aromatic carbocycles. The van der Waals surface area contributed by atoms with Crippen LogP contribution in [0, 0.1) is 5.92 Å². The summed E-state index contributed by atoms with van der Waals surface area (Å²) in [6, 6.07) is 8.23. The third-order valence-corrected chi connectivity index (χ3v) is 2.99. The summed E-state index contributed by atoms with van der Waals surface area (Å²) in [6.45, 7) is 5.90. The van der Waals surface area contributed by atoms with Gasteiger partial charge < -0.3 is 14.8 Å². The number of para-hydroxylation sites is 1. The number of hydrogen-bond donors (Lipinski definition) is 1. The molecule has 1 rings (SSSR count). The predicted molar refractivity (Wildman–Crippen MR) is 75.1 cm³/mol. The van der Waals surface area contributed by atoms with Crippen molar-refractivity contribution in [2.45, 2.75) is 26.3 Å². The second-order valence-electron chi connectivity index (χ2n) is 4.84. The van der Waals surface area contributed by atoms with Crippen LogP contribution < -0.4 is 10.1 Å². The number of ether oxygens (including phenoxy) is 2. The van der Waals surface area contributed by atoms with Crippen LogP contribution in [0.3, 0.4) is 0 Å². The smallest absolute Gasteiger partial charge is 0.123 e.